The monoisotopic (exact) mass is 267 g/mol. The number of hydrogen-bond acceptors (Lipinski definition) is 5. The molecule has 0 aliphatic rings. The molecule has 0 amide bonds. The zero-order valence-electron chi connectivity index (χ0n) is 10.7. The largest absolute Gasteiger partial charge is 0.371 e. The van der Waals surface area contributed by atoms with Crippen molar-refractivity contribution in [1.82, 2.24) is 14.7 Å². The number of ether oxygens (including phenoxy) is 1. The van der Waals surface area contributed by atoms with E-state index < -0.39 is 5.82 Å². The third kappa shape index (κ3) is 3.25. The topological polar surface area (TPSA) is 70.2 Å². The van der Waals surface area contributed by atoms with Crippen LogP contribution in [-0.2, 0) is 11.3 Å². The smallest absolute Gasteiger partial charge is 0.251 e. The Kier molecular flexibility index (Phi) is 4.06. The van der Waals surface area contributed by atoms with Gasteiger partial charge in [-0.05, 0) is 19.9 Å². The third-order valence-electron chi connectivity index (χ3n) is 2.52. The van der Waals surface area contributed by atoms with Gasteiger partial charge in [0.1, 0.15) is 18.5 Å². The lowest BCUT2D eigenvalue weighted by atomic mass is 10.4. The van der Waals surface area contributed by atoms with Crippen molar-refractivity contribution in [2.75, 3.05) is 6.61 Å². The van der Waals surface area contributed by atoms with Gasteiger partial charge in [-0.15, -0.1) is 0 Å². The summed E-state index contributed by atoms with van der Waals surface area (Å²) in [5.41, 5.74) is -0.334. The molecule has 6 nitrogen and oxygen atoms in total. The van der Waals surface area contributed by atoms with Gasteiger partial charge in [-0.2, -0.15) is 4.98 Å². The lowest BCUT2D eigenvalue weighted by Gasteiger charge is -2.04. The van der Waals surface area contributed by atoms with E-state index in [2.05, 4.69) is 10.1 Å². The highest BCUT2D eigenvalue weighted by atomic mass is 19.1. The maximum atomic E-state index is 13.0. The third-order valence-corrected chi connectivity index (χ3v) is 2.52. The second-order valence-electron chi connectivity index (χ2n) is 3.96. The normalized spacial score (nSPS) is 12.6. The highest BCUT2D eigenvalue weighted by Crippen LogP contribution is 2.12. The maximum Gasteiger partial charge on any atom is 0.251 e. The van der Waals surface area contributed by atoms with E-state index in [1.807, 2.05) is 6.92 Å². The number of halogens is 1. The zero-order chi connectivity index (χ0) is 13.8. The van der Waals surface area contributed by atoms with Crippen molar-refractivity contribution >= 4 is 0 Å². The fourth-order valence-electron chi connectivity index (χ4n) is 1.59. The molecule has 2 aromatic heterocycles. The first-order valence-electron chi connectivity index (χ1n) is 5.90. The molecule has 7 heteroatoms. The number of hydrogen-bond donors (Lipinski definition) is 0. The van der Waals surface area contributed by atoms with Gasteiger partial charge in [0.05, 0.1) is 0 Å². The standard InChI is InChI=1S/C12H14FN3O3/c1-3-18-8(2)12-14-10(19-15-12)7-16-6-9(13)4-5-11(16)17/h4-6,8H,3,7H2,1-2H3. The first-order chi connectivity index (χ1) is 9.10. The van der Waals surface area contributed by atoms with E-state index in [0.717, 1.165) is 22.9 Å². The van der Waals surface area contributed by atoms with Crippen LogP contribution in [0.5, 0.6) is 0 Å². The van der Waals surface area contributed by atoms with Crippen molar-refractivity contribution in [2.45, 2.75) is 26.5 Å². The molecule has 102 valence electrons. The summed E-state index contributed by atoms with van der Waals surface area (Å²) in [5, 5.41) is 3.76. The van der Waals surface area contributed by atoms with Crippen LogP contribution in [0.3, 0.4) is 0 Å². The van der Waals surface area contributed by atoms with Crippen molar-refractivity contribution in [2.24, 2.45) is 0 Å². The molecule has 0 aliphatic heterocycles. The summed E-state index contributed by atoms with van der Waals surface area (Å²) in [7, 11) is 0. The average molecular weight is 267 g/mol. The van der Waals surface area contributed by atoms with E-state index in [-0.39, 0.29) is 24.1 Å². The number of rotatable bonds is 5. The quantitative estimate of drug-likeness (QED) is 0.821. The van der Waals surface area contributed by atoms with Crippen LogP contribution in [0.1, 0.15) is 31.7 Å². The van der Waals surface area contributed by atoms with Gasteiger partial charge in [0.2, 0.25) is 5.89 Å². The predicted molar refractivity (Wildman–Crippen MR) is 64.1 cm³/mol. The van der Waals surface area contributed by atoms with Gasteiger partial charge in [0.25, 0.3) is 5.56 Å². The fourth-order valence-corrected chi connectivity index (χ4v) is 1.59. The predicted octanol–water partition coefficient (Wildman–Crippen LogP) is 1.52. The summed E-state index contributed by atoms with van der Waals surface area (Å²) in [4.78, 5) is 15.6. The summed E-state index contributed by atoms with van der Waals surface area (Å²) >= 11 is 0. The molecule has 2 heterocycles. The van der Waals surface area contributed by atoms with Crippen molar-refractivity contribution in [3.63, 3.8) is 0 Å². The van der Waals surface area contributed by atoms with E-state index in [1.165, 1.54) is 0 Å². The molecule has 2 rings (SSSR count). The van der Waals surface area contributed by atoms with Crippen LogP contribution < -0.4 is 5.56 Å². The van der Waals surface area contributed by atoms with Crippen LogP contribution in [0.15, 0.2) is 27.6 Å². The first-order valence-corrected chi connectivity index (χ1v) is 5.90. The van der Waals surface area contributed by atoms with Crippen LogP contribution in [0.2, 0.25) is 0 Å². The zero-order valence-corrected chi connectivity index (χ0v) is 10.7. The highest BCUT2D eigenvalue weighted by molar-refractivity contribution is 4.99. The molecular formula is C12H14FN3O3. The molecule has 2 aromatic rings. The minimum Gasteiger partial charge on any atom is -0.371 e. The van der Waals surface area contributed by atoms with Gasteiger partial charge >= 0.3 is 0 Å². The molecule has 0 N–H and O–H groups in total. The lowest BCUT2D eigenvalue weighted by molar-refractivity contribution is 0.0683. The molecule has 1 atom stereocenters. The Morgan fingerprint density at radius 3 is 3.05 bits per heavy atom. The Morgan fingerprint density at radius 2 is 2.32 bits per heavy atom. The van der Waals surface area contributed by atoms with Gasteiger partial charge in [-0.25, -0.2) is 4.39 Å². The van der Waals surface area contributed by atoms with Crippen LogP contribution in [-0.4, -0.2) is 21.3 Å². The molecule has 0 saturated heterocycles. The van der Waals surface area contributed by atoms with Crippen LogP contribution >= 0.6 is 0 Å². The van der Waals surface area contributed by atoms with Gasteiger partial charge in [0.15, 0.2) is 5.82 Å². The maximum absolute atomic E-state index is 13.0. The Labute approximate surface area is 108 Å². The lowest BCUT2D eigenvalue weighted by Crippen LogP contribution is -2.19. The molecule has 1 unspecified atom stereocenters. The molecule has 0 aliphatic carbocycles. The Bertz CT molecular complexity index is 608. The number of nitrogens with zero attached hydrogens (tertiary/aromatic N) is 3. The average Bonchev–Trinajstić information content (AvgIpc) is 2.83. The fraction of sp³-hybridized carbons (Fsp3) is 0.417. The van der Waals surface area contributed by atoms with Crippen molar-refractivity contribution in [3.8, 4) is 0 Å². The summed E-state index contributed by atoms with van der Waals surface area (Å²) in [6.07, 6.45) is 0.810. The van der Waals surface area contributed by atoms with Crippen LogP contribution in [0.25, 0.3) is 0 Å². The van der Waals surface area contributed by atoms with E-state index in [4.69, 9.17) is 9.26 Å². The molecule has 0 spiro atoms. The summed E-state index contributed by atoms with van der Waals surface area (Å²) in [6.45, 7) is 4.23. The SMILES string of the molecule is CCOC(C)c1noc(Cn2cc(F)ccc2=O)n1. The molecule has 0 saturated carbocycles. The minimum atomic E-state index is -0.498. The second kappa shape index (κ2) is 5.75. The molecule has 19 heavy (non-hydrogen) atoms. The van der Waals surface area contributed by atoms with Gasteiger partial charge in [-0.1, -0.05) is 5.16 Å². The van der Waals surface area contributed by atoms with E-state index >= 15 is 0 Å². The highest BCUT2D eigenvalue weighted by Gasteiger charge is 2.14. The van der Waals surface area contributed by atoms with E-state index in [9.17, 15) is 9.18 Å². The van der Waals surface area contributed by atoms with Gasteiger partial charge < -0.3 is 13.8 Å². The molecule has 0 bridgehead atoms. The minimum absolute atomic E-state index is 0.0302. The van der Waals surface area contributed by atoms with E-state index in [1.54, 1.807) is 6.92 Å². The van der Waals surface area contributed by atoms with Crippen LogP contribution in [0, 0.1) is 5.82 Å². The summed E-state index contributed by atoms with van der Waals surface area (Å²) < 4.78 is 24.5. The Hall–Kier alpha value is -2.02. The molecule has 0 aromatic carbocycles. The Balaban J connectivity index is 2.16. The summed E-state index contributed by atoms with van der Waals surface area (Å²) in [5.74, 6) is 0.137. The van der Waals surface area contributed by atoms with Crippen molar-refractivity contribution in [3.05, 3.63) is 46.2 Å². The van der Waals surface area contributed by atoms with Gasteiger partial charge in [-0.3, -0.25) is 4.79 Å². The number of aromatic nitrogens is 3. The van der Waals surface area contributed by atoms with Gasteiger partial charge in [0, 0.05) is 18.9 Å². The number of pyridine rings is 1. The molecule has 0 radical (unpaired) electrons. The first kappa shape index (κ1) is 13.4. The molecule has 0 fully saturated rings. The molecular weight excluding hydrogens is 253 g/mol. The second-order valence-corrected chi connectivity index (χ2v) is 3.96. The van der Waals surface area contributed by atoms with Crippen molar-refractivity contribution < 1.29 is 13.7 Å². The van der Waals surface area contributed by atoms with E-state index in [0.29, 0.717) is 12.4 Å². The summed E-state index contributed by atoms with van der Waals surface area (Å²) in [6, 6.07) is 2.25. The Morgan fingerprint density at radius 1 is 1.53 bits per heavy atom. The van der Waals surface area contributed by atoms with Crippen molar-refractivity contribution in [1.29, 1.82) is 0 Å². The van der Waals surface area contributed by atoms with Crippen LogP contribution in [0.4, 0.5) is 4.39 Å².